The molecular weight excluding hydrogens is 431 g/mol. The Balaban J connectivity index is 2.36. The van der Waals surface area contributed by atoms with Gasteiger partial charge in [-0.15, -0.1) is 0 Å². The van der Waals surface area contributed by atoms with E-state index < -0.39 is 0 Å². The van der Waals surface area contributed by atoms with Crippen molar-refractivity contribution in [3.63, 3.8) is 0 Å². The molecule has 0 atom stereocenters. The molecule has 0 aliphatic rings. The van der Waals surface area contributed by atoms with Gasteiger partial charge in [-0.05, 0) is 36.4 Å². The summed E-state index contributed by atoms with van der Waals surface area (Å²) in [4.78, 5) is 0. The second-order valence-corrected chi connectivity index (χ2v) is 5.95. The van der Waals surface area contributed by atoms with Crippen molar-refractivity contribution in [3.8, 4) is 11.5 Å². The van der Waals surface area contributed by atoms with E-state index in [4.69, 9.17) is 4.74 Å². The summed E-state index contributed by atoms with van der Waals surface area (Å²) in [6.07, 6.45) is 0. The molecule has 0 aromatic heterocycles. The third-order valence-corrected chi connectivity index (χ3v) is 3.87. The topological polar surface area (TPSA) is 9.23 Å². The third kappa shape index (κ3) is 3.33. The molecule has 94 valence electrons. The molecule has 0 aliphatic heterocycles. The van der Waals surface area contributed by atoms with Crippen LogP contribution in [0.5, 0.6) is 11.5 Å². The van der Waals surface area contributed by atoms with E-state index in [1.54, 1.807) is 18.2 Å². The van der Waals surface area contributed by atoms with Crippen molar-refractivity contribution >= 4 is 47.8 Å². The highest BCUT2D eigenvalue weighted by molar-refractivity contribution is 9.10. The first kappa shape index (κ1) is 14.0. The SMILES string of the molecule is Fc1ccc(Br)cc1Oc1ccc(Br)cc1CBr. The summed E-state index contributed by atoms with van der Waals surface area (Å²) >= 11 is 10.1. The van der Waals surface area contributed by atoms with Crippen LogP contribution in [0.4, 0.5) is 4.39 Å². The summed E-state index contributed by atoms with van der Waals surface area (Å²) in [5.74, 6) is 0.447. The summed E-state index contributed by atoms with van der Waals surface area (Å²) in [6, 6.07) is 10.2. The molecule has 18 heavy (non-hydrogen) atoms. The molecule has 0 heterocycles. The summed E-state index contributed by atoms with van der Waals surface area (Å²) in [5.41, 5.74) is 0.948. The zero-order chi connectivity index (χ0) is 13.1. The molecule has 0 amide bonds. The van der Waals surface area contributed by atoms with Crippen LogP contribution in [0.2, 0.25) is 0 Å². The molecule has 2 aromatic carbocycles. The Morgan fingerprint density at radius 1 is 0.944 bits per heavy atom. The van der Waals surface area contributed by atoms with Crippen LogP contribution in [-0.2, 0) is 5.33 Å². The highest BCUT2D eigenvalue weighted by Gasteiger charge is 2.09. The fraction of sp³-hybridized carbons (Fsp3) is 0.0769. The average Bonchev–Trinajstić information content (AvgIpc) is 2.36. The molecule has 2 rings (SSSR count). The van der Waals surface area contributed by atoms with Gasteiger partial charge in [0.05, 0.1) is 0 Å². The van der Waals surface area contributed by atoms with E-state index in [9.17, 15) is 4.39 Å². The van der Waals surface area contributed by atoms with Gasteiger partial charge >= 0.3 is 0 Å². The zero-order valence-electron chi connectivity index (χ0n) is 9.09. The molecule has 0 unspecified atom stereocenters. The number of hydrogen-bond acceptors (Lipinski definition) is 1. The van der Waals surface area contributed by atoms with Crippen molar-refractivity contribution in [1.29, 1.82) is 0 Å². The Morgan fingerprint density at radius 3 is 2.33 bits per heavy atom. The van der Waals surface area contributed by atoms with Gasteiger partial charge in [-0.2, -0.15) is 0 Å². The number of ether oxygens (including phenoxy) is 1. The fourth-order valence-corrected chi connectivity index (χ4v) is 2.61. The Labute approximate surface area is 130 Å². The third-order valence-electron chi connectivity index (χ3n) is 2.28. The minimum atomic E-state index is -0.387. The molecule has 2 aromatic rings. The lowest BCUT2D eigenvalue weighted by atomic mass is 10.2. The standard InChI is InChI=1S/C13H8Br3FO/c14-7-8-5-9(15)2-4-12(8)18-13-6-10(16)1-3-11(13)17/h1-6H,7H2. The molecule has 0 bridgehead atoms. The van der Waals surface area contributed by atoms with E-state index in [1.807, 2.05) is 12.1 Å². The monoisotopic (exact) mass is 436 g/mol. The van der Waals surface area contributed by atoms with Crippen LogP contribution < -0.4 is 4.74 Å². The van der Waals surface area contributed by atoms with E-state index in [1.165, 1.54) is 6.07 Å². The van der Waals surface area contributed by atoms with Crippen molar-refractivity contribution in [1.82, 2.24) is 0 Å². The molecule has 0 N–H and O–H groups in total. The normalized spacial score (nSPS) is 10.4. The number of rotatable bonds is 3. The van der Waals surface area contributed by atoms with Crippen LogP contribution in [-0.4, -0.2) is 0 Å². The number of benzene rings is 2. The molecule has 0 fully saturated rings. The lowest BCUT2D eigenvalue weighted by Crippen LogP contribution is -1.92. The first-order chi connectivity index (χ1) is 8.60. The Morgan fingerprint density at radius 2 is 1.61 bits per heavy atom. The van der Waals surface area contributed by atoms with Gasteiger partial charge in [0.2, 0.25) is 0 Å². The molecule has 0 saturated heterocycles. The largest absolute Gasteiger partial charge is 0.454 e. The van der Waals surface area contributed by atoms with Gasteiger partial charge in [0, 0.05) is 19.8 Å². The van der Waals surface area contributed by atoms with Crippen molar-refractivity contribution in [2.75, 3.05) is 0 Å². The maximum Gasteiger partial charge on any atom is 0.165 e. The molecule has 0 radical (unpaired) electrons. The van der Waals surface area contributed by atoms with Gasteiger partial charge in [0.1, 0.15) is 5.75 Å². The summed E-state index contributed by atoms with van der Waals surface area (Å²) < 4.78 is 20.9. The van der Waals surface area contributed by atoms with Crippen molar-refractivity contribution < 1.29 is 9.13 Å². The minimum Gasteiger partial charge on any atom is -0.454 e. The van der Waals surface area contributed by atoms with E-state index >= 15 is 0 Å². The highest BCUT2D eigenvalue weighted by Crippen LogP contribution is 2.32. The highest BCUT2D eigenvalue weighted by atomic mass is 79.9. The van der Waals surface area contributed by atoms with Crippen LogP contribution >= 0.6 is 47.8 Å². The smallest absolute Gasteiger partial charge is 0.165 e. The quantitative estimate of drug-likeness (QED) is 0.531. The van der Waals surface area contributed by atoms with E-state index in [0.717, 1.165) is 14.5 Å². The minimum absolute atomic E-state index is 0.203. The lowest BCUT2D eigenvalue weighted by molar-refractivity contribution is 0.439. The molecule has 1 nitrogen and oxygen atoms in total. The van der Waals surface area contributed by atoms with Crippen LogP contribution in [0, 0.1) is 5.82 Å². The fourth-order valence-electron chi connectivity index (χ4n) is 1.43. The predicted octanol–water partition coefficient (Wildman–Crippen LogP) is 6.04. The lowest BCUT2D eigenvalue weighted by Gasteiger charge is -2.11. The van der Waals surface area contributed by atoms with Crippen molar-refractivity contribution in [3.05, 3.63) is 56.7 Å². The van der Waals surface area contributed by atoms with Gasteiger partial charge in [-0.1, -0.05) is 47.8 Å². The zero-order valence-corrected chi connectivity index (χ0v) is 13.8. The molecule has 5 heteroatoms. The number of hydrogen-bond donors (Lipinski definition) is 0. The Bertz CT molecular complexity index is 572. The van der Waals surface area contributed by atoms with Crippen LogP contribution in [0.3, 0.4) is 0 Å². The van der Waals surface area contributed by atoms with Gasteiger partial charge < -0.3 is 4.74 Å². The van der Waals surface area contributed by atoms with Gasteiger partial charge in [0.25, 0.3) is 0 Å². The molecule has 0 spiro atoms. The predicted molar refractivity (Wildman–Crippen MR) is 80.9 cm³/mol. The first-order valence-electron chi connectivity index (χ1n) is 5.07. The average molecular weight is 439 g/mol. The number of alkyl halides is 1. The summed E-state index contributed by atoms with van der Waals surface area (Å²) in [6.45, 7) is 0. The maximum atomic E-state index is 13.6. The molecule has 0 saturated carbocycles. The van der Waals surface area contributed by atoms with E-state index in [2.05, 4.69) is 47.8 Å². The van der Waals surface area contributed by atoms with Crippen molar-refractivity contribution in [2.45, 2.75) is 5.33 Å². The summed E-state index contributed by atoms with van der Waals surface area (Å²) in [5, 5.41) is 0.636. The second-order valence-electron chi connectivity index (χ2n) is 3.56. The van der Waals surface area contributed by atoms with Crippen LogP contribution in [0.15, 0.2) is 45.3 Å². The van der Waals surface area contributed by atoms with E-state index in [-0.39, 0.29) is 11.6 Å². The van der Waals surface area contributed by atoms with Gasteiger partial charge in [-0.25, -0.2) is 4.39 Å². The molecule has 0 aliphatic carbocycles. The Hall–Kier alpha value is -0.390. The van der Waals surface area contributed by atoms with Crippen LogP contribution in [0.25, 0.3) is 0 Å². The first-order valence-corrected chi connectivity index (χ1v) is 7.78. The van der Waals surface area contributed by atoms with Crippen molar-refractivity contribution in [2.24, 2.45) is 0 Å². The van der Waals surface area contributed by atoms with Gasteiger partial charge in [-0.3, -0.25) is 0 Å². The van der Waals surface area contributed by atoms with E-state index in [0.29, 0.717) is 11.1 Å². The van der Waals surface area contributed by atoms with Gasteiger partial charge in [0.15, 0.2) is 11.6 Å². The molecular formula is C13H8Br3FO. The summed E-state index contributed by atoms with van der Waals surface area (Å²) in [7, 11) is 0. The maximum absolute atomic E-state index is 13.6. The second kappa shape index (κ2) is 6.17. The number of halogens is 4. The van der Waals surface area contributed by atoms with Crippen LogP contribution in [0.1, 0.15) is 5.56 Å². The Kier molecular flexibility index (Phi) is 4.81.